The number of rotatable bonds is 4. The third kappa shape index (κ3) is 4.06. The Balaban J connectivity index is 2.06. The first kappa shape index (κ1) is 21.8. The quantitative estimate of drug-likeness (QED) is 0.528. The Morgan fingerprint density at radius 2 is 2.00 bits per heavy atom. The van der Waals surface area contributed by atoms with Gasteiger partial charge in [-0.3, -0.25) is 0 Å². The molecule has 31 heavy (non-hydrogen) atoms. The third-order valence-electron chi connectivity index (χ3n) is 5.64. The number of carbonyl (C=O) groups is 1. The number of carboxylic acid groups (broad SMARTS) is 1. The van der Waals surface area contributed by atoms with Crippen LogP contribution in [0.4, 0.5) is 0 Å². The first-order valence-corrected chi connectivity index (χ1v) is 11.5. The Morgan fingerprint density at radius 1 is 1.26 bits per heavy atom. The van der Waals surface area contributed by atoms with Gasteiger partial charge in [-0.2, -0.15) is 0 Å². The van der Waals surface area contributed by atoms with Crippen LogP contribution in [0, 0.1) is 20.8 Å². The average Bonchev–Trinajstić information content (AvgIpc) is 3.05. The summed E-state index contributed by atoms with van der Waals surface area (Å²) in [6.45, 7) is 12.4. The molecule has 0 fully saturated rings. The highest BCUT2D eigenvalue weighted by atomic mass is 32.1. The van der Waals surface area contributed by atoms with Crippen molar-refractivity contribution in [1.29, 1.82) is 0 Å². The number of thiophene rings is 1. The number of hydrogen-bond acceptors (Lipinski definition) is 5. The molecule has 2 aromatic heterocycles. The van der Waals surface area contributed by atoms with Gasteiger partial charge in [-0.05, 0) is 83.2 Å². The van der Waals surface area contributed by atoms with Gasteiger partial charge in [0.2, 0.25) is 0 Å². The molecule has 0 aliphatic carbocycles. The smallest absolute Gasteiger partial charge is 0.337 e. The molecule has 0 spiro atoms. The summed E-state index contributed by atoms with van der Waals surface area (Å²) in [4.78, 5) is 19.2. The van der Waals surface area contributed by atoms with Gasteiger partial charge in [-0.25, -0.2) is 9.78 Å². The molecule has 3 heterocycles. The zero-order valence-corrected chi connectivity index (χ0v) is 19.8. The highest BCUT2D eigenvalue weighted by Crippen LogP contribution is 2.44. The minimum absolute atomic E-state index is 0.620. The minimum Gasteiger partial charge on any atom is -0.493 e. The number of aliphatic carboxylic acids is 1. The van der Waals surface area contributed by atoms with E-state index < -0.39 is 17.7 Å². The maximum absolute atomic E-state index is 12.4. The molecular formula is C25H29NO4S. The molecule has 1 aliphatic rings. The first-order chi connectivity index (χ1) is 14.6. The van der Waals surface area contributed by atoms with Gasteiger partial charge in [0.25, 0.3) is 0 Å². The van der Waals surface area contributed by atoms with Crippen LogP contribution in [0.15, 0.2) is 18.2 Å². The zero-order valence-electron chi connectivity index (χ0n) is 19.0. The fourth-order valence-electron chi connectivity index (χ4n) is 4.38. The van der Waals surface area contributed by atoms with E-state index in [1.807, 2.05) is 33.8 Å². The van der Waals surface area contributed by atoms with Crippen molar-refractivity contribution < 1.29 is 19.4 Å². The molecule has 4 rings (SSSR count). The lowest BCUT2D eigenvalue weighted by atomic mass is 9.87. The van der Waals surface area contributed by atoms with Gasteiger partial charge in [0, 0.05) is 27.1 Å². The predicted molar refractivity (Wildman–Crippen MR) is 124 cm³/mol. The van der Waals surface area contributed by atoms with Crippen LogP contribution in [0.1, 0.15) is 60.6 Å². The van der Waals surface area contributed by atoms with E-state index in [0.29, 0.717) is 11.3 Å². The molecule has 3 aromatic rings. The summed E-state index contributed by atoms with van der Waals surface area (Å²) < 4.78 is 11.9. The van der Waals surface area contributed by atoms with Crippen molar-refractivity contribution in [3.8, 4) is 16.9 Å². The van der Waals surface area contributed by atoms with Crippen LogP contribution in [-0.4, -0.2) is 28.3 Å². The predicted octanol–water partition coefficient (Wildman–Crippen LogP) is 6.15. The van der Waals surface area contributed by atoms with Crippen LogP contribution >= 0.6 is 11.3 Å². The van der Waals surface area contributed by atoms with Crippen molar-refractivity contribution in [2.75, 3.05) is 6.61 Å². The van der Waals surface area contributed by atoms with Crippen LogP contribution in [-0.2, 0) is 16.0 Å². The lowest BCUT2D eigenvalue weighted by Gasteiger charge is -2.28. The van der Waals surface area contributed by atoms with E-state index in [0.717, 1.165) is 57.0 Å². The molecular weight excluding hydrogens is 410 g/mol. The van der Waals surface area contributed by atoms with Crippen LogP contribution in [0.5, 0.6) is 5.75 Å². The summed E-state index contributed by atoms with van der Waals surface area (Å²) in [5, 5.41) is 11.1. The summed E-state index contributed by atoms with van der Waals surface area (Å²) in [5.74, 6) is -0.0791. The Kier molecular flexibility index (Phi) is 5.56. The minimum atomic E-state index is -1.11. The van der Waals surface area contributed by atoms with Crippen LogP contribution in [0.2, 0.25) is 0 Å². The normalized spacial score (nSPS) is 14.9. The summed E-state index contributed by atoms with van der Waals surface area (Å²) in [6, 6.07) is 6.18. The van der Waals surface area contributed by atoms with Gasteiger partial charge in [-0.15, -0.1) is 11.3 Å². The Bertz CT molecular complexity index is 1170. The second kappa shape index (κ2) is 7.92. The number of aryl methyl sites for hydroxylation is 2. The van der Waals surface area contributed by atoms with Crippen molar-refractivity contribution in [3.05, 3.63) is 45.5 Å². The lowest BCUT2D eigenvalue weighted by Crippen LogP contribution is -2.28. The molecule has 1 aromatic carbocycles. The molecule has 0 bridgehead atoms. The van der Waals surface area contributed by atoms with E-state index in [2.05, 4.69) is 26.0 Å². The molecule has 164 valence electrons. The second-order valence-corrected chi connectivity index (χ2v) is 10.4. The number of hydrogen-bond donors (Lipinski definition) is 1. The van der Waals surface area contributed by atoms with E-state index in [-0.39, 0.29) is 0 Å². The molecule has 1 N–H and O–H groups in total. The SMILES string of the molecule is Cc1cc2c(-c3ccc4c(c3C)CCCO4)c(C(OC(C)(C)C)C(=O)O)c(C)nc2s1. The monoisotopic (exact) mass is 439 g/mol. The van der Waals surface area contributed by atoms with Gasteiger partial charge in [-0.1, -0.05) is 6.07 Å². The van der Waals surface area contributed by atoms with E-state index in [1.165, 1.54) is 5.56 Å². The Labute approximate surface area is 187 Å². The summed E-state index contributed by atoms with van der Waals surface area (Å²) >= 11 is 1.63. The van der Waals surface area contributed by atoms with Crippen molar-refractivity contribution in [2.45, 2.75) is 66.1 Å². The topological polar surface area (TPSA) is 68.7 Å². The standard InChI is InChI=1S/C25H29NO4S/c1-13-12-18-21(17-9-10-19-16(14(17)2)8-7-11-29-19)20(15(3)26-23(18)31-13)22(24(27)28)30-25(4,5)6/h9-10,12,22H,7-8,11H2,1-6H3,(H,27,28). The summed E-state index contributed by atoms with van der Waals surface area (Å²) in [5.41, 5.74) is 4.97. The van der Waals surface area contributed by atoms with Gasteiger partial charge in [0.05, 0.1) is 12.2 Å². The highest BCUT2D eigenvalue weighted by Gasteiger charge is 2.33. The van der Waals surface area contributed by atoms with E-state index in [1.54, 1.807) is 11.3 Å². The molecule has 6 heteroatoms. The van der Waals surface area contributed by atoms with Gasteiger partial charge in [0.15, 0.2) is 6.10 Å². The van der Waals surface area contributed by atoms with Crippen LogP contribution in [0.3, 0.4) is 0 Å². The average molecular weight is 440 g/mol. The van der Waals surface area contributed by atoms with Crippen molar-refractivity contribution in [1.82, 2.24) is 4.98 Å². The van der Waals surface area contributed by atoms with Gasteiger partial charge in [0.1, 0.15) is 10.6 Å². The number of ether oxygens (including phenoxy) is 2. The van der Waals surface area contributed by atoms with Crippen molar-refractivity contribution in [2.24, 2.45) is 0 Å². The maximum atomic E-state index is 12.4. The lowest BCUT2D eigenvalue weighted by molar-refractivity contribution is -0.160. The fraction of sp³-hybridized carbons (Fsp3) is 0.440. The second-order valence-electron chi connectivity index (χ2n) is 9.18. The van der Waals surface area contributed by atoms with Crippen LogP contribution in [0.25, 0.3) is 21.3 Å². The number of fused-ring (bicyclic) bond motifs is 2. The van der Waals surface area contributed by atoms with E-state index >= 15 is 0 Å². The largest absolute Gasteiger partial charge is 0.493 e. The van der Waals surface area contributed by atoms with Gasteiger partial charge >= 0.3 is 5.97 Å². The number of aromatic nitrogens is 1. The molecule has 1 atom stereocenters. The zero-order chi connectivity index (χ0) is 22.5. The molecule has 0 saturated carbocycles. The van der Waals surface area contributed by atoms with Crippen molar-refractivity contribution >= 4 is 27.5 Å². The number of nitrogens with zero attached hydrogens (tertiary/aromatic N) is 1. The summed E-state index contributed by atoms with van der Waals surface area (Å²) in [6.07, 6.45) is 0.831. The van der Waals surface area contributed by atoms with Crippen molar-refractivity contribution in [3.63, 3.8) is 0 Å². The molecule has 1 aliphatic heterocycles. The maximum Gasteiger partial charge on any atom is 0.337 e. The fourth-order valence-corrected chi connectivity index (χ4v) is 5.32. The molecule has 0 saturated heterocycles. The third-order valence-corrected chi connectivity index (χ3v) is 6.59. The number of benzene rings is 1. The Hall–Kier alpha value is -2.44. The first-order valence-electron chi connectivity index (χ1n) is 10.6. The Morgan fingerprint density at radius 3 is 2.68 bits per heavy atom. The molecule has 5 nitrogen and oxygen atoms in total. The molecule has 1 unspecified atom stereocenters. The van der Waals surface area contributed by atoms with Crippen LogP contribution < -0.4 is 4.74 Å². The molecule has 0 radical (unpaired) electrons. The summed E-state index contributed by atoms with van der Waals surface area (Å²) in [7, 11) is 0. The number of carboxylic acids is 1. The van der Waals surface area contributed by atoms with Gasteiger partial charge < -0.3 is 14.6 Å². The number of pyridine rings is 1. The highest BCUT2D eigenvalue weighted by molar-refractivity contribution is 7.18. The molecule has 0 amide bonds. The van der Waals surface area contributed by atoms with E-state index in [4.69, 9.17) is 14.5 Å². The van der Waals surface area contributed by atoms with E-state index in [9.17, 15) is 9.90 Å².